The van der Waals surface area contributed by atoms with Crippen molar-refractivity contribution in [1.82, 2.24) is 9.88 Å². The molecule has 0 saturated carbocycles. The highest BCUT2D eigenvalue weighted by Crippen LogP contribution is 2.43. The molecule has 1 amide bonds. The van der Waals surface area contributed by atoms with Gasteiger partial charge in [0.1, 0.15) is 17.3 Å². The standard InChI is InChI=1S/C29H25N3O7/c1-38-20-11-12-23-22(15-20)18(16-30-23)13-14-31-26(21-5-3-4-6-24(21)39-2)25(28(34)29(31)35)27(33)17-7-9-19(10-8-17)32(36)37/h3-12,15-16,26,30,33H,13-14H2,1-2H3/b27-25-. The molecule has 2 heterocycles. The Hall–Kier alpha value is -5.12. The fraction of sp³-hybridized carbons (Fsp3) is 0.172. The molecule has 39 heavy (non-hydrogen) atoms. The fourth-order valence-corrected chi connectivity index (χ4v) is 4.96. The van der Waals surface area contributed by atoms with Gasteiger partial charge < -0.3 is 24.5 Å². The van der Waals surface area contributed by atoms with Gasteiger partial charge in [0.2, 0.25) is 0 Å². The number of likely N-dealkylation sites (tertiary alicyclic amines) is 1. The average Bonchev–Trinajstić information content (AvgIpc) is 3.48. The predicted molar refractivity (Wildman–Crippen MR) is 144 cm³/mol. The Morgan fingerprint density at radius 3 is 2.49 bits per heavy atom. The number of carbonyl (C=O) groups is 2. The van der Waals surface area contributed by atoms with Gasteiger partial charge in [0, 0.05) is 46.9 Å². The number of Topliss-reactive ketones (excluding diaryl/α,β-unsaturated/α-hetero) is 1. The second-order valence-electron chi connectivity index (χ2n) is 9.01. The van der Waals surface area contributed by atoms with Crippen LogP contribution in [0, 0.1) is 10.1 Å². The van der Waals surface area contributed by atoms with Crippen LogP contribution in [-0.4, -0.2) is 52.4 Å². The maximum atomic E-state index is 13.4. The molecule has 1 fully saturated rings. The number of H-pyrrole nitrogens is 1. The Balaban J connectivity index is 1.58. The van der Waals surface area contributed by atoms with E-state index in [1.165, 1.54) is 36.3 Å². The lowest BCUT2D eigenvalue weighted by Crippen LogP contribution is -2.31. The number of ether oxygens (including phenoxy) is 2. The fourth-order valence-electron chi connectivity index (χ4n) is 4.96. The number of fused-ring (bicyclic) bond motifs is 1. The monoisotopic (exact) mass is 527 g/mol. The number of nitro benzene ring substituents is 1. The molecule has 0 bridgehead atoms. The maximum absolute atomic E-state index is 13.4. The minimum absolute atomic E-state index is 0.112. The van der Waals surface area contributed by atoms with Crippen LogP contribution >= 0.6 is 0 Å². The number of aliphatic hydroxyl groups is 1. The lowest BCUT2D eigenvalue weighted by molar-refractivity contribution is -0.384. The number of nitrogens with zero attached hydrogens (tertiary/aromatic N) is 2. The van der Waals surface area contributed by atoms with Crippen molar-refractivity contribution >= 4 is 34.0 Å². The minimum Gasteiger partial charge on any atom is -0.507 e. The maximum Gasteiger partial charge on any atom is 0.295 e. The molecule has 1 atom stereocenters. The third kappa shape index (κ3) is 4.56. The molecule has 198 valence electrons. The van der Waals surface area contributed by atoms with Gasteiger partial charge in [-0.25, -0.2) is 0 Å². The van der Waals surface area contributed by atoms with Gasteiger partial charge in [-0.05, 0) is 48.4 Å². The summed E-state index contributed by atoms with van der Waals surface area (Å²) in [6.07, 6.45) is 2.28. The zero-order valence-electron chi connectivity index (χ0n) is 21.2. The molecular weight excluding hydrogens is 502 g/mol. The van der Waals surface area contributed by atoms with Crippen molar-refractivity contribution in [3.8, 4) is 11.5 Å². The van der Waals surface area contributed by atoms with E-state index in [0.29, 0.717) is 23.5 Å². The summed E-state index contributed by atoms with van der Waals surface area (Å²) >= 11 is 0. The van der Waals surface area contributed by atoms with E-state index in [0.717, 1.165) is 16.5 Å². The molecule has 10 nitrogen and oxygen atoms in total. The molecule has 1 aliphatic heterocycles. The Kier molecular flexibility index (Phi) is 6.76. The normalized spacial score (nSPS) is 16.6. The van der Waals surface area contributed by atoms with Crippen LogP contribution < -0.4 is 9.47 Å². The number of amides is 1. The number of aromatic nitrogens is 1. The molecule has 0 spiro atoms. The number of hydrogen-bond donors (Lipinski definition) is 2. The van der Waals surface area contributed by atoms with E-state index in [9.17, 15) is 24.8 Å². The van der Waals surface area contributed by atoms with Gasteiger partial charge in [-0.1, -0.05) is 18.2 Å². The number of methoxy groups -OCH3 is 2. The van der Waals surface area contributed by atoms with Gasteiger partial charge in [-0.3, -0.25) is 19.7 Å². The number of rotatable bonds is 8. The third-order valence-electron chi connectivity index (χ3n) is 6.92. The van der Waals surface area contributed by atoms with E-state index in [2.05, 4.69) is 4.98 Å². The Morgan fingerprint density at radius 2 is 1.79 bits per heavy atom. The molecule has 0 aliphatic carbocycles. The van der Waals surface area contributed by atoms with Crippen molar-refractivity contribution in [1.29, 1.82) is 0 Å². The summed E-state index contributed by atoms with van der Waals surface area (Å²) in [4.78, 5) is 41.9. The van der Waals surface area contributed by atoms with Crippen molar-refractivity contribution in [3.63, 3.8) is 0 Å². The predicted octanol–water partition coefficient (Wildman–Crippen LogP) is 4.76. The molecule has 1 aliphatic rings. The van der Waals surface area contributed by atoms with Gasteiger partial charge in [0.15, 0.2) is 0 Å². The second kappa shape index (κ2) is 10.3. The zero-order valence-corrected chi connectivity index (χ0v) is 21.2. The van der Waals surface area contributed by atoms with E-state index in [1.54, 1.807) is 31.4 Å². The van der Waals surface area contributed by atoms with Gasteiger partial charge in [0.05, 0.1) is 30.8 Å². The number of para-hydroxylation sites is 1. The van der Waals surface area contributed by atoms with Crippen LogP contribution in [0.4, 0.5) is 5.69 Å². The van der Waals surface area contributed by atoms with Crippen LogP contribution in [0.1, 0.15) is 22.7 Å². The molecule has 0 radical (unpaired) electrons. The lowest BCUT2D eigenvalue weighted by Gasteiger charge is -2.26. The van der Waals surface area contributed by atoms with Crippen molar-refractivity contribution in [2.24, 2.45) is 0 Å². The summed E-state index contributed by atoms with van der Waals surface area (Å²) in [5.74, 6) is -0.880. The van der Waals surface area contributed by atoms with E-state index < -0.39 is 28.4 Å². The first kappa shape index (κ1) is 25.5. The van der Waals surface area contributed by atoms with Gasteiger partial charge >= 0.3 is 0 Å². The largest absolute Gasteiger partial charge is 0.507 e. The summed E-state index contributed by atoms with van der Waals surface area (Å²) in [6.45, 7) is 0.175. The van der Waals surface area contributed by atoms with Crippen LogP contribution in [-0.2, 0) is 16.0 Å². The van der Waals surface area contributed by atoms with E-state index in [1.807, 2.05) is 24.4 Å². The number of benzene rings is 3. The molecular formula is C29H25N3O7. The minimum atomic E-state index is -0.934. The molecule has 1 saturated heterocycles. The van der Waals surface area contributed by atoms with Crippen LogP contribution in [0.2, 0.25) is 0 Å². The van der Waals surface area contributed by atoms with Crippen molar-refractivity contribution in [3.05, 3.63) is 105 Å². The number of aliphatic hydroxyl groups excluding tert-OH is 1. The lowest BCUT2D eigenvalue weighted by atomic mass is 9.94. The first-order valence-electron chi connectivity index (χ1n) is 12.1. The van der Waals surface area contributed by atoms with Gasteiger partial charge in [0.25, 0.3) is 17.4 Å². The highest BCUT2D eigenvalue weighted by Gasteiger charge is 2.46. The van der Waals surface area contributed by atoms with E-state index >= 15 is 0 Å². The van der Waals surface area contributed by atoms with Crippen LogP contribution in [0.5, 0.6) is 11.5 Å². The van der Waals surface area contributed by atoms with Crippen molar-refractivity contribution in [2.45, 2.75) is 12.5 Å². The van der Waals surface area contributed by atoms with Crippen molar-refractivity contribution in [2.75, 3.05) is 20.8 Å². The number of hydrogen-bond acceptors (Lipinski definition) is 7. The number of nitrogens with one attached hydrogen (secondary N) is 1. The van der Waals surface area contributed by atoms with E-state index in [4.69, 9.17) is 9.47 Å². The number of non-ortho nitro benzene ring substituents is 1. The molecule has 2 N–H and O–H groups in total. The molecule has 4 aromatic rings. The third-order valence-corrected chi connectivity index (χ3v) is 6.92. The van der Waals surface area contributed by atoms with Crippen molar-refractivity contribution < 1.29 is 29.1 Å². The van der Waals surface area contributed by atoms with Gasteiger partial charge in [-0.15, -0.1) is 0 Å². The second-order valence-corrected chi connectivity index (χ2v) is 9.01. The molecule has 1 aromatic heterocycles. The van der Waals surface area contributed by atoms with Crippen LogP contribution in [0.15, 0.2) is 78.5 Å². The Morgan fingerprint density at radius 1 is 1.05 bits per heavy atom. The Bertz CT molecular complexity index is 1620. The SMILES string of the molecule is COc1ccc2[nH]cc(CCN3C(=O)C(=O)/C(=C(\O)c4ccc([N+](=O)[O-])cc4)C3c3ccccc3OC)c2c1. The topological polar surface area (TPSA) is 135 Å². The highest BCUT2D eigenvalue weighted by molar-refractivity contribution is 6.46. The summed E-state index contributed by atoms with van der Waals surface area (Å²) in [5, 5.41) is 23.3. The summed E-state index contributed by atoms with van der Waals surface area (Å²) < 4.78 is 10.9. The summed E-state index contributed by atoms with van der Waals surface area (Å²) in [5.41, 5.74) is 2.28. The quantitative estimate of drug-likeness (QED) is 0.111. The summed E-state index contributed by atoms with van der Waals surface area (Å²) in [6, 6.07) is 16.9. The summed E-state index contributed by atoms with van der Waals surface area (Å²) in [7, 11) is 3.08. The highest BCUT2D eigenvalue weighted by atomic mass is 16.6. The number of carbonyl (C=O) groups excluding carboxylic acids is 2. The van der Waals surface area contributed by atoms with Crippen LogP contribution in [0.25, 0.3) is 16.7 Å². The number of aromatic amines is 1. The van der Waals surface area contributed by atoms with Crippen LogP contribution in [0.3, 0.4) is 0 Å². The molecule has 5 rings (SSSR count). The smallest absolute Gasteiger partial charge is 0.295 e. The molecule has 1 unspecified atom stereocenters. The van der Waals surface area contributed by atoms with E-state index in [-0.39, 0.29) is 23.4 Å². The van der Waals surface area contributed by atoms with Gasteiger partial charge in [-0.2, -0.15) is 0 Å². The Labute approximate surface area is 223 Å². The number of nitro groups is 1. The first-order chi connectivity index (χ1) is 18.8. The number of ketones is 1. The average molecular weight is 528 g/mol. The molecule has 10 heteroatoms. The molecule has 3 aromatic carbocycles. The zero-order chi connectivity index (χ0) is 27.7. The first-order valence-corrected chi connectivity index (χ1v) is 12.1.